The van der Waals surface area contributed by atoms with Gasteiger partial charge in [0, 0.05) is 27.7 Å². The summed E-state index contributed by atoms with van der Waals surface area (Å²) >= 11 is 0. The van der Waals surface area contributed by atoms with E-state index in [1.165, 1.54) is 20.8 Å². The first kappa shape index (κ1) is 17.2. The molecule has 1 fully saturated rings. The molecule has 0 aromatic rings. The Balaban J connectivity index is 2.26. The highest BCUT2D eigenvalue weighted by molar-refractivity contribution is 5.75. The molecule has 1 saturated heterocycles. The average molecular weight is 329 g/mol. The van der Waals surface area contributed by atoms with Crippen LogP contribution in [0.2, 0.25) is 0 Å². The maximum Gasteiger partial charge on any atom is 0.303 e. The standard InChI is InChI=1S/C14H19NO8/c1-6-15-11-13(22-9(4)18)12(21-8(3)17)10(5-19-7(2)16)23-14(11)20-6/h10-14H,5H2,1-4H3/t10-,11-,12-,13-,14+/m1/s1. The number of ether oxygens (including phenoxy) is 5. The lowest BCUT2D eigenvalue weighted by atomic mass is 9.97. The van der Waals surface area contributed by atoms with E-state index in [0.717, 1.165) is 0 Å². The highest BCUT2D eigenvalue weighted by Crippen LogP contribution is 2.32. The summed E-state index contributed by atoms with van der Waals surface area (Å²) in [5.74, 6) is -1.28. The van der Waals surface area contributed by atoms with Crippen LogP contribution in [-0.4, -0.2) is 61.1 Å². The summed E-state index contributed by atoms with van der Waals surface area (Å²) < 4.78 is 26.5. The predicted octanol–water partition coefficient (Wildman–Crippen LogP) is -0.0450. The van der Waals surface area contributed by atoms with Crippen molar-refractivity contribution in [1.82, 2.24) is 0 Å². The SMILES string of the molecule is CC(=O)OC[C@H]1O[C@@H]2OC(C)=N[C@@H]2[C@@H](OC(C)=O)[C@@H]1OC(C)=O. The zero-order valence-electron chi connectivity index (χ0n) is 13.3. The summed E-state index contributed by atoms with van der Waals surface area (Å²) in [5, 5.41) is 0. The Morgan fingerprint density at radius 2 is 1.65 bits per heavy atom. The second-order valence-electron chi connectivity index (χ2n) is 5.25. The van der Waals surface area contributed by atoms with Gasteiger partial charge in [0.25, 0.3) is 0 Å². The number of nitrogens with zero attached hydrogens (tertiary/aromatic N) is 1. The van der Waals surface area contributed by atoms with E-state index in [2.05, 4.69) is 4.99 Å². The molecule has 2 rings (SSSR count). The Bertz CT molecular complexity index is 531. The van der Waals surface area contributed by atoms with Gasteiger partial charge < -0.3 is 23.7 Å². The summed E-state index contributed by atoms with van der Waals surface area (Å²) in [6.45, 7) is 5.17. The molecule has 0 saturated carbocycles. The number of fused-ring (bicyclic) bond motifs is 1. The molecule has 23 heavy (non-hydrogen) atoms. The fourth-order valence-corrected chi connectivity index (χ4v) is 2.53. The van der Waals surface area contributed by atoms with Gasteiger partial charge >= 0.3 is 17.9 Å². The Morgan fingerprint density at radius 3 is 2.22 bits per heavy atom. The van der Waals surface area contributed by atoms with E-state index in [0.29, 0.717) is 5.90 Å². The van der Waals surface area contributed by atoms with Crippen LogP contribution in [0.25, 0.3) is 0 Å². The van der Waals surface area contributed by atoms with Crippen molar-refractivity contribution in [2.75, 3.05) is 6.61 Å². The van der Waals surface area contributed by atoms with Gasteiger partial charge in [-0.3, -0.25) is 14.4 Å². The highest BCUT2D eigenvalue weighted by atomic mass is 16.7. The van der Waals surface area contributed by atoms with E-state index in [-0.39, 0.29) is 6.61 Å². The number of esters is 3. The third kappa shape index (κ3) is 4.19. The quantitative estimate of drug-likeness (QED) is 0.522. The Labute approximate surface area is 132 Å². The van der Waals surface area contributed by atoms with E-state index < -0.39 is 48.6 Å². The fraction of sp³-hybridized carbons (Fsp3) is 0.714. The summed E-state index contributed by atoms with van der Waals surface area (Å²) in [5.41, 5.74) is 0. The van der Waals surface area contributed by atoms with Crippen LogP contribution in [0.4, 0.5) is 0 Å². The number of aliphatic imine (C=N–C) groups is 1. The van der Waals surface area contributed by atoms with Gasteiger partial charge in [-0.2, -0.15) is 0 Å². The number of carbonyl (C=O) groups excluding carboxylic acids is 3. The third-order valence-electron chi connectivity index (χ3n) is 3.29. The topological polar surface area (TPSA) is 110 Å². The molecule has 0 aromatic carbocycles. The Morgan fingerprint density at radius 1 is 1.04 bits per heavy atom. The molecule has 5 atom stereocenters. The molecule has 0 unspecified atom stereocenters. The molecule has 2 aliphatic rings. The first-order valence-corrected chi connectivity index (χ1v) is 7.12. The van der Waals surface area contributed by atoms with Crippen molar-refractivity contribution < 1.29 is 38.1 Å². The first-order valence-electron chi connectivity index (χ1n) is 7.12. The minimum Gasteiger partial charge on any atom is -0.463 e. The van der Waals surface area contributed by atoms with Crippen LogP contribution in [0.15, 0.2) is 4.99 Å². The van der Waals surface area contributed by atoms with Crippen molar-refractivity contribution in [2.45, 2.75) is 58.3 Å². The lowest BCUT2D eigenvalue weighted by molar-refractivity contribution is -0.249. The third-order valence-corrected chi connectivity index (χ3v) is 3.29. The second kappa shape index (κ2) is 6.95. The van der Waals surface area contributed by atoms with Crippen molar-refractivity contribution in [2.24, 2.45) is 4.99 Å². The van der Waals surface area contributed by atoms with Gasteiger partial charge in [-0.05, 0) is 0 Å². The maximum absolute atomic E-state index is 11.4. The first-order chi connectivity index (χ1) is 10.8. The van der Waals surface area contributed by atoms with E-state index in [9.17, 15) is 14.4 Å². The zero-order chi connectivity index (χ0) is 17.1. The van der Waals surface area contributed by atoms with Crippen LogP contribution < -0.4 is 0 Å². The van der Waals surface area contributed by atoms with E-state index >= 15 is 0 Å². The minimum absolute atomic E-state index is 0.170. The monoisotopic (exact) mass is 329 g/mol. The van der Waals surface area contributed by atoms with Crippen molar-refractivity contribution in [3.8, 4) is 0 Å². The molecule has 2 aliphatic heterocycles. The smallest absolute Gasteiger partial charge is 0.303 e. The molecule has 2 heterocycles. The lowest BCUT2D eigenvalue weighted by Crippen LogP contribution is -2.60. The molecule has 128 valence electrons. The van der Waals surface area contributed by atoms with Crippen LogP contribution >= 0.6 is 0 Å². The van der Waals surface area contributed by atoms with E-state index in [1.807, 2.05) is 0 Å². The second-order valence-corrected chi connectivity index (χ2v) is 5.25. The maximum atomic E-state index is 11.4. The van der Waals surface area contributed by atoms with E-state index in [4.69, 9.17) is 23.7 Å². The van der Waals surface area contributed by atoms with Crippen LogP contribution in [-0.2, 0) is 38.1 Å². The van der Waals surface area contributed by atoms with Gasteiger partial charge in [-0.15, -0.1) is 0 Å². The van der Waals surface area contributed by atoms with Crippen LogP contribution in [0.3, 0.4) is 0 Å². The van der Waals surface area contributed by atoms with Crippen LogP contribution in [0.1, 0.15) is 27.7 Å². The van der Waals surface area contributed by atoms with Crippen molar-refractivity contribution in [1.29, 1.82) is 0 Å². The Kier molecular flexibility index (Phi) is 5.19. The number of rotatable bonds is 4. The van der Waals surface area contributed by atoms with Crippen molar-refractivity contribution in [3.05, 3.63) is 0 Å². The normalized spacial score (nSPS) is 32.2. The molecule has 9 heteroatoms. The zero-order valence-corrected chi connectivity index (χ0v) is 13.3. The largest absolute Gasteiger partial charge is 0.463 e. The van der Waals surface area contributed by atoms with Gasteiger partial charge in [0.15, 0.2) is 24.1 Å². The van der Waals surface area contributed by atoms with Crippen LogP contribution in [0, 0.1) is 0 Å². The molecule has 0 aromatic heterocycles. The molecule has 0 amide bonds. The van der Waals surface area contributed by atoms with Gasteiger partial charge in [0.05, 0.1) is 0 Å². The van der Waals surface area contributed by atoms with Gasteiger partial charge in [0.1, 0.15) is 12.7 Å². The van der Waals surface area contributed by atoms with Crippen LogP contribution in [0.5, 0.6) is 0 Å². The number of carbonyl (C=O) groups is 3. The molecular weight excluding hydrogens is 310 g/mol. The highest BCUT2D eigenvalue weighted by Gasteiger charge is 2.53. The molecule has 0 radical (unpaired) electrons. The average Bonchev–Trinajstić information content (AvgIpc) is 2.78. The predicted molar refractivity (Wildman–Crippen MR) is 74.4 cm³/mol. The lowest BCUT2D eigenvalue weighted by Gasteiger charge is -2.40. The molecular formula is C14H19NO8. The Hall–Kier alpha value is -2.16. The fourth-order valence-electron chi connectivity index (χ4n) is 2.53. The van der Waals surface area contributed by atoms with Gasteiger partial charge in [0.2, 0.25) is 6.29 Å². The minimum atomic E-state index is -0.963. The molecule has 0 aliphatic carbocycles. The molecule has 9 nitrogen and oxygen atoms in total. The summed E-state index contributed by atoms with van der Waals surface area (Å²) in [7, 11) is 0. The van der Waals surface area contributed by atoms with Crippen molar-refractivity contribution in [3.63, 3.8) is 0 Å². The molecule has 0 spiro atoms. The molecule has 0 N–H and O–H groups in total. The number of hydrogen-bond acceptors (Lipinski definition) is 9. The molecule has 0 bridgehead atoms. The summed E-state index contributed by atoms with van der Waals surface area (Å²) in [6.07, 6.45) is -3.50. The van der Waals surface area contributed by atoms with Gasteiger partial charge in [-0.25, -0.2) is 4.99 Å². The summed E-state index contributed by atoms with van der Waals surface area (Å²) in [4.78, 5) is 38.1. The van der Waals surface area contributed by atoms with Crippen molar-refractivity contribution >= 4 is 23.8 Å². The summed E-state index contributed by atoms with van der Waals surface area (Å²) in [6, 6.07) is -0.656. The van der Waals surface area contributed by atoms with Gasteiger partial charge in [-0.1, -0.05) is 0 Å². The van der Waals surface area contributed by atoms with E-state index in [1.54, 1.807) is 6.92 Å². The number of hydrogen-bond donors (Lipinski definition) is 0.